The molecule has 7 heteroatoms. The minimum atomic E-state index is -1.27. The van der Waals surface area contributed by atoms with E-state index in [4.69, 9.17) is 9.47 Å². The van der Waals surface area contributed by atoms with Crippen molar-refractivity contribution in [1.29, 1.82) is 0 Å². The Bertz CT molecular complexity index is 657. The molecule has 1 unspecified atom stereocenters. The standard InChI is InChI=1S/C39H77NO6/c1-5-8-11-14-17-18-20-25-30-40(34-36(42)35-41)31-26-21-19-24-29-39(4,37(43)45-32-27-22-15-12-9-6-2)38(44)46-33-28-23-16-13-10-7-3/h36,41-42H,5-35H2,1-4H3. The highest BCUT2D eigenvalue weighted by Gasteiger charge is 2.43. The Morgan fingerprint density at radius 1 is 0.565 bits per heavy atom. The zero-order valence-corrected chi connectivity index (χ0v) is 31.0. The predicted molar refractivity (Wildman–Crippen MR) is 192 cm³/mol. The predicted octanol–water partition coefficient (Wildman–Crippen LogP) is 9.55. The van der Waals surface area contributed by atoms with Crippen LogP contribution in [0.1, 0.15) is 188 Å². The second-order valence-corrected chi connectivity index (χ2v) is 13.9. The van der Waals surface area contributed by atoms with E-state index in [2.05, 4.69) is 25.7 Å². The molecule has 0 saturated heterocycles. The van der Waals surface area contributed by atoms with Crippen LogP contribution in [0, 0.1) is 5.41 Å². The molecule has 1 atom stereocenters. The van der Waals surface area contributed by atoms with Crippen LogP contribution < -0.4 is 0 Å². The van der Waals surface area contributed by atoms with Crippen LogP contribution in [-0.2, 0) is 19.1 Å². The van der Waals surface area contributed by atoms with Crippen molar-refractivity contribution in [3.05, 3.63) is 0 Å². The number of carbonyl (C=O) groups excluding carboxylic acids is 2. The van der Waals surface area contributed by atoms with Crippen LogP contribution >= 0.6 is 0 Å². The van der Waals surface area contributed by atoms with E-state index in [-0.39, 0.29) is 6.61 Å². The Balaban J connectivity index is 4.72. The molecule has 0 aromatic heterocycles. The SMILES string of the molecule is CCCCCCCCCCN(CCCCCCC(C)(C(=O)OCCCCCCCC)C(=O)OCCCCCCCC)CC(O)CO. The first-order valence-corrected chi connectivity index (χ1v) is 19.7. The summed E-state index contributed by atoms with van der Waals surface area (Å²) in [4.78, 5) is 28.7. The summed E-state index contributed by atoms with van der Waals surface area (Å²) >= 11 is 0. The lowest BCUT2D eigenvalue weighted by atomic mass is 9.84. The molecular formula is C39H77NO6. The Hall–Kier alpha value is -1.18. The Morgan fingerprint density at radius 2 is 0.913 bits per heavy atom. The quantitative estimate of drug-likeness (QED) is 0.0399. The minimum absolute atomic E-state index is 0.212. The number of aliphatic hydroxyl groups is 2. The maximum atomic E-state index is 13.2. The van der Waals surface area contributed by atoms with E-state index >= 15 is 0 Å². The van der Waals surface area contributed by atoms with Gasteiger partial charge in [0, 0.05) is 6.54 Å². The second-order valence-electron chi connectivity index (χ2n) is 13.9. The lowest BCUT2D eigenvalue weighted by molar-refractivity contribution is -0.172. The monoisotopic (exact) mass is 656 g/mol. The number of aliphatic hydroxyl groups excluding tert-OH is 2. The number of esters is 2. The first-order chi connectivity index (χ1) is 22.3. The number of hydrogen-bond acceptors (Lipinski definition) is 7. The lowest BCUT2D eigenvalue weighted by Crippen LogP contribution is -2.39. The van der Waals surface area contributed by atoms with E-state index in [0.717, 1.165) is 83.7 Å². The molecule has 0 fully saturated rings. The fourth-order valence-electron chi connectivity index (χ4n) is 5.99. The first-order valence-electron chi connectivity index (χ1n) is 19.7. The van der Waals surface area contributed by atoms with Crippen LogP contribution in [0.15, 0.2) is 0 Å². The highest BCUT2D eigenvalue weighted by Crippen LogP contribution is 2.29. The van der Waals surface area contributed by atoms with Crippen molar-refractivity contribution in [2.45, 2.75) is 194 Å². The molecule has 46 heavy (non-hydrogen) atoms. The second kappa shape index (κ2) is 32.4. The van der Waals surface area contributed by atoms with Crippen LogP contribution in [-0.4, -0.2) is 72.6 Å². The highest BCUT2D eigenvalue weighted by atomic mass is 16.6. The van der Waals surface area contributed by atoms with Gasteiger partial charge in [0.05, 0.1) is 25.9 Å². The summed E-state index contributed by atoms with van der Waals surface area (Å²) in [5.74, 6) is -0.882. The molecule has 274 valence electrons. The van der Waals surface area contributed by atoms with Crippen molar-refractivity contribution < 1.29 is 29.3 Å². The number of hydrogen-bond donors (Lipinski definition) is 2. The molecule has 2 N–H and O–H groups in total. The summed E-state index contributed by atoms with van der Waals surface area (Å²) in [6.07, 6.45) is 26.9. The lowest BCUT2D eigenvalue weighted by Gasteiger charge is -2.26. The number of rotatable bonds is 35. The van der Waals surface area contributed by atoms with Gasteiger partial charge < -0.3 is 24.6 Å². The van der Waals surface area contributed by atoms with Gasteiger partial charge in [-0.2, -0.15) is 0 Å². The molecular weight excluding hydrogens is 578 g/mol. The van der Waals surface area contributed by atoms with E-state index in [1.54, 1.807) is 6.92 Å². The van der Waals surface area contributed by atoms with Gasteiger partial charge in [-0.15, -0.1) is 0 Å². The van der Waals surface area contributed by atoms with E-state index in [1.807, 2.05) is 0 Å². The number of ether oxygens (including phenoxy) is 2. The normalized spacial score (nSPS) is 12.5. The van der Waals surface area contributed by atoms with Gasteiger partial charge >= 0.3 is 11.9 Å². The molecule has 0 aliphatic carbocycles. The summed E-state index contributed by atoms with van der Waals surface area (Å²) in [5, 5.41) is 19.4. The molecule has 0 aliphatic heterocycles. The van der Waals surface area contributed by atoms with Crippen LogP contribution in [0.2, 0.25) is 0 Å². The van der Waals surface area contributed by atoms with Gasteiger partial charge in [-0.05, 0) is 52.1 Å². The summed E-state index contributed by atoms with van der Waals surface area (Å²) in [5.41, 5.74) is -1.27. The van der Waals surface area contributed by atoms with Gasteiger partial charge in [-0.1, -0.05) is 149 Å². The smallest absolute Gasteiger partial charge is 0.323 e. The first kappa shape index (κ1) is 44.8. The average Bonchev–Trinajstić information content (AvgIpc) is 3.05. The van der Waals surface area contributed by atoms with Gasteiger partial charge in [0.15, 0.2) is 5.41 Å². The summed E-state index contributed by atoms with van der Waals surface area (Å²) in [6, 6.07) is 0. The van der Waals surface area contributed by atoms with Gasteiger partial charge in [-0.25, -0.2) is 0 Å². The Kier molecular flexibility index (Phi) is 31.5. The molecule has 0 aromatic rings. The van der Waals surface area contributed by atoms with Crippen LogP contribution in [0.3, 0.4) is 0 Å². The zero-order valence-electron chi connectivity index (χ0n) is 31.0. The van der Waals surface area contributed by atoms with E-state index in [9.17, 15) is 19.8 Å². The molecule has 0 aromatic carbocycles. The molecule has 0 rings (SSSR count). The van der Waals surface area contributed by atoms with Gasteiger partial charge in [0.25, 0.3) is 0 Å². The van der Waals surface area contributed by atoms with Gasteiger partial charge in [-0.3, -0.25) is 9.59 Å². The van der Waals surface area contributed by atoms with E-state index < -0.39 is 23.5 Å². The van der Waals surface area contributed by atoms with Crippen molar-refractivity contribution in [3.8, 4) is 0 Å². The third-order valence-corrected chi connectivity index (χ3v) is 9.27. The molecule has 0 spiro atoms. The largest absolute Gasteiger partial charge is 0.465 e. The number of carbonyl (C=O) groups is 2. The maximum Gasteiger partial charge on any atom is 0.323 e. The molecule has 0 bridgehead atoms. The fraction of sp³-hybridized carbons (Fsp3) is 0.949. The minimum Gasteiger partial charge on any atom is -0.465 e. The third-order valence-electron chi connectivity index (χ3n) is 9.27. The summed E-state index contributed by atoms with van der Waals surface area (Å²) < 4.78 is 11.3. The fourth-order valence-corrected chi connectivity index (χ4v) is 5.99. The van der Waals surface area contributed by atoms with Crippen LogP contribution in [0.5, 0.6) is 0 Å². The molecule has 0 saturated carbocycles. The molecule has 0 aliphatic rings. The maximum absolute atomic E-state index is 13.2. The van der Waals surface area contributed by atoms with Crippen LogP contribution in [0.25, 0.3) is 0 Å². The summed E-state index contributed by atoms with van der Waals surface area (Å²) in [6.45, 7) is 11.2. The highest BCUT2D eigenvalue weighted by molar-refractivity contribution is 5.99. The molecule has 0 amide bonds. The van der Waals surface area contributed by atoms with Gasteiger partial charge in [0.2, 0.25) is 0 Å². The summed E-state index contributed by atoms with van der Waals surface area (Å²) in [7, 11) is 0. The van der Waals surface area contributed by atoms with E-state index in [0.29, 0.717) is 26.2 Å². The van der Waals surface area contributed by atoms with Crippen molar-refractivity contribution in [2.24, 2.45) is 5.41 Å². The zero-order chi connectivity index (χ0) is 34.1. The van der Waals surface area contributed by atoms with Crippen molar-refractivity contribution in [2.75, 3.05) is 39.5 Å². The van der Waals surface area contributed by atoms with Crippen LogP contribution in [0.4, 0.5) is 0 Å². The number of unbranched alkanes of at least 4 members (excludes halogenated alkanes) is 20. The third kappa shape index (κ3) is 24.9. The van der Waals surface area contributed by atoms with Gasteiger partial charge in [0.1, 0.15) is 0 Å². The average molecular weight is 656 g/mol. The van der Waals surface area contributed by atoms with Crippen molar-refractivity contribution in [3.63, 3.8) is 0 Å². The van der Waals surface area contributed by atoms with Crippen molar-refractivity contribution >= 4 is 11.9 Å². The molecule has 7 nitrogen and oxygen atoms in total. The molecule has 0 heterocycles. The van der Waals surface area contributed by atoms with E-state index in [1.165, 1.54) is 83.5 Å². The number of nitrogens with zero attached hydrogens (tertiary/aromatic N) is 1. The molecule has 0 radical (unpaired) electrons. The Morgan fingerprint density at radius 3 is 1.30 bits per heavy atom. The Labute approximate surface area is 285 Å². The van der Waals surface area contributed by atoms with Crippen molar-refractivity contribution in [1.82, 2.24) is 4.90 Å². The topological polar surface area (TPSA) is 96.3 Å².